The summed E-state index contributed by atoms with van der Waals surface area (Å²) in [6, 6.07) is 4.94. The average molecular weight is 349 g/mol. The van der Waals surface area contributed by atoms with E-state index in [-0.39, 0.29) is 5.69 Å². The van der Waals surface area contributed by atoms with Gasteiger partial charge >= 0.3 is 0 Å². The molecule has 0 bridgehead atoms. The summed E-state index contributed by atoms with van der Waals surface area (Å²) in [5, 5.41) is 20.9. The maximum Gasteiger partial charge on any atom is 0.279 e. The Labute approximate surface area is 148 Å². The van der Waals surface area contributed by atoms with Crippen molar-refractivity contribution in [2.24, 2.45) is 14.1 Å². The predicted octanol–water partition coefficient (Wildman–Crippen LogP) is 2.65. The lowest BCUT2D eigenvalue weighted by atomic mass is 10.0. The highest BCUT2D eigenvalue weighted by molar-refractivity contribution is 5.97. The van der Waals surface area contributed by atoms with Gasteiger partial charge in [0.15, 0.2) is 0 Å². The number of nitrogens with zero attached hydrogens (tertiary/aromatic N) is 7. The second-order valence-electron chi connectivity index (χ2n) is 6.04. The Bertz CT molecular complexity index is 1160. The van der Waals surface area contributed by atoms with E-state index in [1.54, 1.807) is 34.7 Å². The third-order valence-electron chi connectivity index (χ3n) is 4.21. The lowest BCUT2D eigenvalue weighted by Crippen LogP contribution is -1.97. The van der Waals surface area contributed by atoms with Crippen molar-refractivity contribution in [2.45, 2.75) is 6.92 Å². The van der Waals surface area contributed by atoms with E-state index in [1.165, 1.54) is 12.4 Å². The van der Waals surface area contributed by atoms with Crippen molar-refractivity contribution >= 4 is 16.6 Å². The molecule has 0 radical (unpaired) electrons. The Morgan fingerprint density at radius 2 is 1.88 bits per heavy atom. The summed E-state index contributed by atoms with van der Waals surface area (Å²) in [5.74, 6) is 0. The fourth-order valence-electron chi connectivity index (χ4n) is 3.05. The van der Waals surface area contributed by atoms with Gasteiger partial charge in [-0.1, -0.05) is 0 Å². The first-order valence-electron chi connectivity index (χ1n) is 7.88. The number of hydrogen-bond acceptors (Lipinski definition) is 6. The van der Waals surface area contributed by atoms with E-state index in [0.29, 0.717) is 27.9 Å². The minimum absolute atomic E-state index is 0.0335. The Hall–Kier alpha value is -3.62. The highest BCUT2D eigenvalue weighted by Crippen LogP contribution is 2.36. The molecule has 0 N–H and O–H groups in total. The molecule has 130 valence electrons. The Balaban J connectivity index is 2.02. The average Bonchev–Trinajstić information content (AvgIpc) is 3.18. The third kappa shape index (κ3) is 2.50. The zero-order valence-corrected chi connectivity index (χ0v) is 14.4. The minimum Gasteiger partial charge on any atom is -0.275 e. The topological polar surface area (TPSA) is 105 Å². The van der Waals surface area contributed by atoms with Crippen LogP contribution in [0.25, 0.3) is 33.4 Å². The summed E-state index contributed by atoms with van der Waals surface area (Å²) in [7, 11) is 3.59. The van der Waals surface area contributed by atoms with Gasteiger partial charge in [0.1, 0.15) is 6.33 Å². The second kappa shape index (κ2) is 5.73. The molecule has 4 aromatic rings. The molecular formula is C17H15N7O2. The molecule has 3 heterocycles. The summed E-state index contributed by atoms with van der Waals surface area (Å²) in [5.41, 5.74) is 3.77. The number of fused-ring (bicyclic) bond motifs is 1. The van der Waals surface area contributed by atoms with Crippen LogP contribution in [0, 0.1) is 17.0 Å². The quantitative estimate of drug-likeness (QED) is 0.416. The van der Waals surface area contributed by atoms with Gasteiger partial charge in [-0.2, -0.15) is 10.2 Å². The van der Waals surface area contributed by atoms with Gasteiger partial charge in [0.25, 0.3) is 5.69 Å². The standard InChI is InChI=1S/C17H15N7O2/c1-10-13(8-23(3)20-10)17-12-7-16(24(25)26)11(6-15(12)18-9-19-17)14-4-5-22(2)21-14/h4-9H,1-3H3. The summed E-state index contributed by atoms with van der Waals surface area (Å²) in [6.45, 7) is 1.87. The fraction of sp³-hybridized carbons (Fsp3) is 0.176. The van der Waals surface area contributed by atoms with Gasteiger partial charge in [-0.15, -0.1) is 0 Å². The first kappa shape index (κ1) is 15.9. The van der Waals surface area contributed by atoms with Crippen LogP contribution in [-0.2, 0) is 14.1 Å². The molecule has 3 aromatic heterocycles. The van der Waals surface area contributed by atoms with Gasteiger partial charge in [0.2, 0.25) is 0 Å². The molecule has 0 unspecified atom stereocenters. The fourth-order valence-corrected chi connectivity index (χ4v) is 3.05. The number of hydrogen-bond donors (Lipinski definition) is 0. The normalized spacial score (nSPS) is 11.2. The van der Waals surface area contributed by atoms with E-state index < -0.39 is 4.92 Å². The van der Waals surface area contributed by atoms with Gasteiger partial charge in [0.05, 0.1) is 33.1 Å². The molecule has 0 amide bonds. The first-order valence-corrected chi connectivity index (χ1v) is 7.88. The molecule has 0 aliphatic heterocycles. The van der Waals surface area contributed by atoms with Gasteiger partial charge in [-0.05, 0) is 19.1 Å². The molecule has 0 fully saturated rings. The van der Waals surface area contributed by atoms with E-state index in [0.717, 1.165) is 11.3 Å². The number of benzene rings is 1. The van der Waals surface area contributed by atoms with Gasteiger partial charge in [-0.25, -0.2) is 9.97 Å². The van der Waals surface area contributed by atoms with Crippen molar-refractivity contribution in [1.82, 2.24) is 29.5 Å². The molecule has 9 heteroatoms. The van der Waals surface area contributed by atoms with Crippen LogP contribution in [0.4, 0.5) is 5.69 Å². The molecule has 9 nitrogen and oxygen atoms in total. The summed E-state index contributed by atoms with van der Waals surface area (Å²) in [6.07, 6.45) is 5.04. The molecule has 0 aliphatic carbocycles. The molecule has 0 atom stereocenters. The lowest BCUT2D eigenvalue weighted by Gasteiger charge is -2.07. The van der Waals surface area contributed by atoms with E-state index in [2.05, 4.69) is 20.2 Å². The number of aryl methyl sites for hydroxylation is 3. The molecule has 0 saturated heterocycles. The molecular weight excluding hydrogens is 334 g/mol. The van der Waals surface area contributed by atoms with E-state index in [9.17, 15) is 10.1 Å². The van der Waals surface area contributed by atoms with Gasteiger partial charge in [-0.3, -0.25) is 19.5 Å². The molecule has 0 spiro atoms. The maximum atomic E-state index is 11.7. The Morgan fingerprint density at radius 3 is 2.50 bits per heavy atom. The van der Waals surface area contributed by atoms with Crippen LogP contribution < -0.4 is 0 Å². The minimum atomic E-state index is -0.406. The zero-order chi connectivity index (χ0) is 18.4. The van der Waals surface area contributed by atoms with Gasteiger partial charge in [0, 0.05) is 43.5 Å². The first-order chi connectivity index (χ1) is 12.4. The van der Waals surface area contributed by atoms with Crippen LogP contribution in [0.5, 0.6) is 0 Å². The predicted molar refractivity (Wildman–Crippen MR) is 95.3 cm³/mol. The maximum absolute atomic E-state index is 11.7. The van der Waals surface area contributed by atoms with Crippen molar-refractivity contribution in [1.29, 1.82) is 0 Å². The van der Waals surface area contributed by atoms with Crippen molar-refractivity contribution in [3.63, 3.8) is 0 Å². The highest BCUT2D eigenvalue weighted by Gasteiger charge is 2.22. The van der Waals surface area contributed by atoms with Crippen LogP contribution in [0.2, 0.25) is 0 Å². The zero-order valence-electron chi connectivity index (χ0n) is 14.4. The highest BCUT2D eigenvalue weighted by atomic mass is 16.6. The van der Waals surface area contributed by atoms with Crippen LogP contribution in [-0.4, -0.2) is 34.5 Å². The van der Waals surface area contributed by atoms with E-state index in [4.69, 9.17) is 0 Å². The van der Waals surface area contributed by atoms with Crippen molar-refractivity contribution in [3.05, 3.63) is 52.7 Å². The number of aromatic nitrogens is 6. The van der Waals surface area contributed by atoms with Crippen LogP contribution >= 0.6 is 0 Å². The summed E-state index contributed by atoms with van der Waals surface area (Å²) < 4.78 is 3.29. The second-order valence-corrected chi connectivity index (χ2v) is 6.04. The van der Waals surface area contributed by atoms with Crippen molar-refractivity contribution in [2.75, 3.05) is 0 Å². The summed E-state index contributed by atoms with van der Waals surface area (Å²) >= 11 is 0. The summed E-state index contributed by atoms with van der Waals surface area (Å²) in [4.78, 5) is 19.9. The smallest absolute Gasteiger partial charge is 0.275 e. The Morgan fingerprint density at radius 1 is 1.08 bits per heavy atom. The van der Waals surface area contributed by atoms with Crippen LogP contribution in [0.3, 0.4) is 0 Å². The van der Waals surface area contributed by atoms with E-state index in [1.807, 2.05) is 20.2 Å². The van der Waals surface area contributed by atoms with Crippen LogP contribution in [0.15, 0.2) is 36.9 Å². The number of nitro groups is 1. The molecule has 0 aliphatic rings. The van der Waals surface area contributed by atoms with E-state index >= 15 is 0 Å². The largest absolute Gasteiger partial charge is 0.279 e. The molecule has 26 heavy (non-hydrogen) atoms. The number of rotatable bonds is 3. The molecule has 4 rings (SSSR count). The molecule has 0 saturated carbocycles. The van der Waals surface area contributed by atoms with Crippen molar-refractivity contribution < 1.29 is 4.92 Å². The Kier molecular flexibility index (Phi) is 3.50. The monoisotopic (exact) mass is 349 g/mol. The molecule has 1 aromatic carbocycles. The SMILES string of the molecule is Cc1nn(C)cc1-c1ncnc2cc(-c3ccn(C)n3)c([N+](=O)[O-])cc12. The van der Waals surface area contributed by atoms with Gasteiger partial charge < -0.3 is 0 Å². The van der Waals surface area contributed by atoms with Crippen molar-refractivity contribution in [3.8, 4) is 22.5 Å². The third-order valence-corrected chi connectivity index (χ3v) is 4.21. The lowest BCUT2D eigenvalue weighted by molar-refractivity contribution is -0.384. The van der Waals surface area contributed by atoms with Crippen LogP contribution in [0.1, 0.15) is 5.69 Å². The number of nitro benzene ring substituents is 1.